The second-order valence-electron chi connectivity index (χ2n) is 5.69. The van der Waals surface area contributed by atoms with Crippen molar-refractivity contribution in [1.29, 1.82) is 0 Å². The molecule has 8 heteroatoms. The van der Waals surface area contributed by atoms with Gasteiger partial charge >= 0.3 is 0 Å². The number of hydrogen-bond acceptors (Lipinski definition) is 7. The summed E-state index contributed by atoms with van der Waals surface area (Å²) in [4.78, 5) is 0. The first-order valence-electron chi connectivity index (χ1n) is 7.60. The van der Waals surface area contributed by atoms with Crippen LogP contribution in [0.4, 0.5) is 0 Å². The molecular weight excluding hydrogens is 316 g/mol. The van der Waals surface area contributed by atoms with Crippen LogP contribution in [0, 0.1) is 6.92 Å². The second kappa shape index (κ2) is 6.88. The zero-order valence-electron chi connectivity index (χ0n) is 13.1. The summed E-state index contributed by atoms with van der Waals surface area (Å²) >= 11 is 0. The third-order valence-corrected chi connectivity index (χ3v) is 3.88. The number of rotatable bonds is 4. The summed E-state index contributed by atoms with van der Waals surface area (Å²) in [6.45, 7) is 1.28. The Hall–Kier alpha value is -1.97. The van der Waals surface area contributed by atoms with Gasteiger partial charge in [-0.3, -0.25) is 0 Å². The van der Waals surface area contributed by atoms with Crippen molar-refractivity contribution in [3.05, 3.63) is 42.1 Å². The van der Waals surface area contributed by atoms with Gasteiger partial charge in [0.2, 0.25) is 12.2 Å². The first-order chi connectivity index (χ1) is 11.5. The zero-order valence-corrected chi connectivity index (χ0v) is 13.1. The molecule has 0 aliphatic carbocycles. The molecule has 1 fully saturated rings. The first kappa shape index (κ1) is 16.9. The van der Waals surface area contributed by atoms with Crippen LogP contribution in [0.1, 0.15) is 5.69 Å². The SMILES string of the molecule is Cc1cc(OC2O[C@H](CO)[C@@H](O)[C@H](O)[C@@H]2O)n(-c2ccccc2)n1. The van der Waals surface area contributed by atoms with Crippen molar-refractivity contribution in [2.24, 2.45) is 0 Å². The Morgan fingerprint density at radius 1 is 1.12 bits per heavy atom. The predicted molar refractivity (Wildman–Crippen MR) is 82.7 cm³/mol. The minimum Gasteiger partial charge on any atom is -0.445 e. The summed E-state index contributed by atoms with van der Waals surface area (Å²) in [5.74, 6) is 0.308. The van der Waals surface area contributed by atoms with Crippen LogP contribution in [0.2, 0.25) is 0 Å². The molecule has 0 amide bonds. The molecule has 1 unspecified atom stereocenters. The Labute approximate surface area is 138 Å². The molecule has 0 saturated carbocycles. The fourth-order valence-corrected chi connectivity index (χ4v) is 2.60. The lowest BCUT2D eigenvalue weighted by atomic mass is 9.99. The number of benzene rings is 1. The van der Waals surface area contributed by atoms with Gasteiger partial charge in [0.05, 0.1) is 18.0 Å². The minimum atomic E-state index is -1.49. The Kier molecular flexibility index (Phi) is 4.83. The molecule has 3 rings (SSSR count). The van der Waals surface area contributed by atoms with Crippen LogP contribution in [-0.2, 0) is 4.74 Å². The highest BCUT2D eigenvalue weighted by atomic mass is 16.7. The second-order valence-corrected chi connectivity index (χ2v) is 5.69. The van der Waals surface area contributed by atoms with Gasteiger partial charge in [0.25, 0.3) is 0 Å². The Morgan fingerprint density at radius 2 is 1.83 bits per heavy atom. The Balaban J connectivity index is 1.86. The first-order valence-corrected chi connectivity index (χ1v) is 7.60. The van der Waals surface area contributed by atoms with E-state index in [4.69, 9.17) is 9.47 Å². The highest BCUT2D eigenvalue weighted by Gasteiger charge is 2.45. The van der Waals surface area contributed by atoms with Crippen LogP contribution < -0.4 is 4.74 Å². The van der Waals surface area contributed by atoms with Crippen molar-refractivity contribution in [1.82, 2.24) is 9.78 Å². The summed E-state index contributed by atoms with van der Waals surface area (Å²) in [7, 11) is 0. The van der Waals surface area contributed by atoms with Gasteiger partial charge in [-0.05, 0) is 19.1 Å². The average Bonchev–Trinajstić information content (AvgIpc) is 2.96. The molecule has 0 bridgehead atoms. The van der Waals surface area contributed by atoms with E-state index in [-0.39, 0.29) is 0 Å². The van der Waals surface area contributed by atoms with Crippen LogP contribution in [0.5, 0.6) is 5.88 Å². The fourth-order valence-electron chi connectivity index (χ4n) is 2.60. The lowest BCUT2D eigenvalue weighted by molar-refractivity contribution is -0.278. The van der Waals surface area contributed by atoms with Gasteiger partial charge < -0.3 is 29.9 Å². The lowest BCUT2D eigenvalue weighted by Gasteiger charge is -2.39. The highest BCUT2D eigenvalue weighted by Crippen LogP contribution is 2.26. The molecule has 1 aliphatic rings. The molecule has 2 aromatic rings. The average molecular weight is 336 g/mol. The van der Waals surface area contributed by atoms with E-state index < -0.39 is 37.3 Å². The minimum absolute atomic E-state index is 0.308. The van der Waals surface area contributed by atoms with Crippen molar-refractivity contribution < 1.29 is 29.9 Å². The fraction of sp³-hybridized carbons (Fsp3) is 0.438. The molecule has 1 aromatic carbocycles. The predicted octanol–water partition coefficient (Wildman–Crippen LogP) is -0.641. The van der Waals surface area contributed by atoms with E-state index in [9.17, 15) is 20.4 Å². The van der Waals surface area contributed by atoms with E-state index in [0.29, 0.717) is 11.6 Å². The van der Waals surface area contributed by atoms with E-state index in [0.717, 1.165) is 5.69 Å². The quantitative estimate of drug-likeness (QED) is 0.587. The van der Waals surface area contributed by atoms with Gasteiger partial charge in [0, 0.05) is 6.07 Å². The molecular formula is C16H20N2O6. The van der Waals surface area contributed by atoms with Gasteiger partial charge in [-0.15, -0.1) is 0 Å². The molecule has 4 N–H and O–H groups in total. The van der Waals surface area contributed by atoms with Crippen molar-refractivity contribution in [3.63, 3.8) is 0 Å². The number of ether oxygens (including phenoxy) is 2. The normalized spacial score (nSPS) is 30.3. The van der Waals surface area contributed by atoms with Crippen LogP contribution in [-0.4, -0.2) is 67.5 Å². The van der Waals surface area contributed by atoms with Gasteiger partial charge in [-0.25, -0.2) is 4.68 Å². The van der Waals surface area contributed by atoms with E-state index >= 15 is 0 Å². The molecule has 8 nitrogen and oxygen atoms in total. The summed E-state index contributed by atoms with van der Waals surface area (Å²) < 4.78 is 12.6. The monoisotopic (exact) mass is 336 g/mol. The van der Waals surface area contributed by atoms with Crippen LogP contribution in [0.25, 0.3) is 5.69 Å². The molecule has 24 heavy (non-hydrogen) atoms. The number of aliphatic hydroxyl groups excluding tert-OH is 4. The van der Waals surface area contributed by atoms with Crippen LogP contribution in [0.3, 0.4) is 0 Å². The topological polar surface area (TPSA) is 117 Å². The largest absolute Gasteiger partial charge is 0.445 e. The molecule has 5 atom stereocenters. The third kappa shape index (κ3) is 3.14. The standard InChI is InChI=1S/C16H20N2O6/c1-9-7-12(18(17-9)10-5-3-2-4-6-10)24-16-15(22)14(21)13(20)11(8-19)23-16/h2-7,11,13-16,19-22H,8H2,1H3/t11-,13-,14+,15+,16?/m1/s1. The maximum absolute atomic E-state index is 10.1. The van der Waals surface area contributed by atoms with Crippen molar-refractivity contribution in [3.8, 4) is 11.6 Å². The maximum atomic E-state index is 10.1. The van der Waals surface area contributed by atoms with E-state index in [1.54, 1.807) is 13.0 Å². The van der Waals surface area contributed by atoms with E-state index in [1.165, 1.54) is 4.68 Å². The van der Waals surface area contributed by atoms with E-state index in [2.05, 4.69) is 5.10 Å². The van der Waals surface area contributed by atoms with Gasteiger partial charge in [-0.2, -0.15) is 5.10 Å². The number of hydrogen-bond donors (Lipinski definition) is 4. The smallest absolute Gasteiger partial charge is 0.231 e. The van der Waals surface area contributed by atoms with Crippen molar-refractivity contribution >= 4 is 0 Å². The Morgan fingerprint density at radius 3 is 2.50 bits per heavy atom. The zero-order chi connectivity index (χ0) is 17.3. The summed E-state index contributed by atoms with van der Waals surface area (Å²) in [6, 6.07) is 10.9. The number of aliphatic hydroxyl groups is 4. The Bertz CT molecular complexity index is 674. The molecule has 0 radical (unpaired) electrons. The van der Waals surface area contributed by atoms with E-state index in [1.807, 2.05) is 30.3 Å². The molecule has 2 heterocycles. The number of aryl methyl sites for hydroxylation is 1. The highest BCUT2D eigenvalue weighted by molar-refractivity contribution is 5.35. The van der Waals surface area contributed by atoms with Gasteiger partial charge in [-0.1, -0.05) is 18.2 Å². The van der Waals surface area contributed by atoms with Crippen LogP contribution in [0.15, 0.2) is 36.4 Å². The molecule has 1 aliphatic heterocycles. The number of nitrogens with zero attached hydrogens (tertiary/aromatic N) is 2. The molecule has 0 spiro atoms. The van der Waals surface area contributed by atoms with Crippen molar-refractivity contribution in [2.45, 2.75) is 37.6 Å². The molecule has 1 aromatic heterocycles. The number of para-hydroxylation sites is 1. The maximum Gasteiger partial charge on any atom is 0.231 e. The van der Waals surface area contributed by atoms with Gasteiger partial charge in [0.15, 0.2) is 0 Å². The van der Waals surface area contributed by atoms with Crippen LogP contribution >= 0.6 is 0 Å². The lowest BCUT2D eigenvalue weighted by Crippen LogP contribution is -2.60. The summed E-state index contributed by atoms with van der Waals surface area (Å²) in [5, 5.41) is 43.3. The summed E-state index contributed by atoms with van der Waals surface area (Å²) in [5.41, 5.74) is 1.45. The molecule has 130 valence electrons. The van der Waals surface area contributed by atoms with Gasteiger partial charge in [0.1, 0.15) is 24.4 Å². The third-order valence-electron chi connectivity index (χ3n) is 3.88. The molecule has 1 saturated heterocycles. The van der Waals surface area contributed by atoms with Crippen molar-refractivity contribution in [2.75, 3.05) is 6.61 Å². The number of aromatic nitrogens is 2. The summed E-state index contributed by atoms with van der Waals surface area (Å²) in [6.07, 6.45) is -6.66.